The third kappa shape index (κ3) is 3.09. The van der Waals surface area contributed by atoms with Crippen LogP contribution in [0.15, 0.2) is 57.6 Å². The molecular formula is C20H20N2O3. The van der Waals surface area contributed by atoms with Gasteiger partial charge in [0.2, 0.25) is 5.91 Å². The lowest BCUT2D eigenvalue weighted by Gasteiger charge is -2.25. The number of aryl methyl sites for hydroxylation is 1. The van der Waals surface area contributed by atoms with Gasteiger partial charge in [-0.3, -0.25) is 4.79 Å². The van der Waals surface area contributed by atoms with Crippen molar-refractivity contribution in [3.05, 3.63) is 65.7 Å². The highest BCUT2D eigenvalue weighted by molar-refractivity contribution is 5.79. The Morgan fingerprint density at radius 2 is 2.08 bits per heavy atom. The normalized spacial score (nSPS) is 17.2. The molecule has 1 aromatic carbocycles. The molecule has 0 aliphatic carbocycles. The molecule has 3 heterocycles. The highest BCUT2D eigenvalue weighted by atomic mass is 16.4. The van der Waals surface area contributed by atoms with E-state index in [1.165, 1.54) is 5.56 Å². The number of rotatable bonds is 4. The van der Waals surface area contributed by atoms with E-state index in [0.29, 0.717) is 23.1 Å². The lowest BCUT2D eigenvalue weighted by Crippen LogP contribution is -2.32. The van der Waals surface area contributed by atoms with E-state index in [1.807, 2.05) is 30.0 Å². The Balaban J connectivity index is 1.52. The average Bonchev–Trinajstić information content (AvgIpc) is 3.37. The molecule has 25 heavy (non-hydrogen) atoms. The molecule has 1 saturated heterocycles. The van der Waals surface area contributed by atoms with Gasteiger partial charge < -0.3 is 13.7 Å². The standard InChI is InChI=1S/C20H20N2O3/c1-14-16(21-20(25-14)18-10-6-12-24-18)13-19(23)22-11-5-9-17(22)15-7-3-2-4-8-15/h2-4,6-8,10,12,17H,5,9,11,13H2,1H3/t17-/m0/s1. The third-order valence-corrected chi connectivity index (χ3v) is 4.70. The smallest absolute Gasteiger partial charge is 0.263 e. The zero-order valence-corrected chi connectivity index (χ0v) is 14.1. The summed E-state index contributed by atoms with van der Waals surface area (Å²) in [6.07, 6.45) is 3.86. The molecule has 0 bridgehead atoms. The number of oxazole rings is 1. The molecule has 1 aliphatic heterocycles. The number of carbonyl (C=O) groups is 1. The third-order valence-electron chi connectivity index (χ3n) is 4.70. The number of likely N-dealkylation sites (tertiary alicyclic amines) is 1. The first-order valence-corrected chi connectivity index (χ1v) is 8.57. The highest BCUT2D eigenvalue weighted by Gasteiger charge is 2.30. The van der Waals surface area contributed by atoms with Crippen LogP contribution in [0.5, 0.6) is 0 Å². The fourth-order valence-corrected chi connectivity index (χ4v) is 3.43. The molecule has 0 N–H and O–H groups in total. The minimum atomic E-state index is 0.0914. The maximum Gasteiger partial charge on any atom is 0.263 e. The van der Waals surface area contributed by atoms with Crippen molar-refractivity contribution in [3.63, 3.8) is 0 Å². The van der Waals surface area contributed by atoms with E-state index in [2.05, 4.69) is 17.1 Å². The summed E-state index contributed by atoms with van der Waals surface area (Å²) in [5.41, 5.74) is 1.87. The number of furan rings is 1. The number of aromatic nitrogens is 1. The van der Waals surface area contributed by atoms with Crippen LogP contribution in [0.25, 0.3) is 11.7 Å². The fourth-order valence-electron chi connectivity index (χ4n) is 3.43. The molecule has 1 atom stereocenters. The Hall–Kier alpha value is -2.82. The Kier molecular flexibility index (Phi) is 4.14. The summed E-state index contributed by atoms with van der Waals surface area (Å²) < 4.78 is 11.0. The van der Waals surface area contributed by atoms with Gasteiger partial charge in [0.05, 0.1) is 24.4 Å². The van der Waals surface area contributed by atoms with E-state index in [1.54, 1.807) is 18.4 Å². The number of hydrogen-bond donors (Lipinski definition) is 0. The number of benzene rings is 1. The molecule has 1 fully saturated rings. The molecule has 4 rings (SSSR count). The summed E-state index contributed by atoms with van der Waals surface area (Å²) in [5.74, 6) is 1.75. The summed E-state index contributed by atoms with van der Waals surface area (Å²) in [7, 11) is 0. The second-order valence-electron chi connectivity index (χ2n) is 6.33. The Morgan fingerprint density at radius 1 is 1.24 bits per heavy atom. The topological polar surface area (TPSA) is 59.5 Å². The van der Waals surface area contributed by atoms with Gasteiger partial charge in [-0.05, 0) is 37.5 Å². The van der Waals surface area contributed by atoms with Gasteiger partial charge in [0, 0.05) is 6.54 Å². The van der Waals surface area contributed by atoms with E-state index in [9.17, 15) is 4.79 Å². The second kappa shape index (κ2) is 6.59. The summed E-state index contributed by atoms with van der Waals surface area (Å²) in [6, 6.07) is 14.0. The number of carbonyl (C=O) groups excluding carboxylic acids is 1. The van der Waals surface area contributed by atoms with Crippen LogP contribution in [0.4, 0.5) is 0 Å². The van der Waals surface area contributed by atoms with Crippen LogP contribution in [0.3, 0.4) is 0 Å². The first kappa shape index (κ1) is 15.7. The average molecular weight is 336 g/mol. The summed E-state index contributed by atoms with van der Waals surface area (Å²) in [6.45, 7) is 2.63. The Bertz CT molecular complexity index is 852. The maximum absolute atomic E-state index is 12.9. The van der Waals surface area contributed by atoms with Crippen LogP contribution < -0.4 is 0 Å². The van der Waals surface area contributed by atoms with Gasteiger partial charge >= 0.3 is 0 Å². The summed E-state index contributed by atoms with van der Waals surface area (Å²) in [4.78, 5) is 19.3. The lowest BCUT2D eigenvalue weighted by molar-refractivity contribution is -0.131. The van der Waals surface area contributed by atoms with Crippen molar-refractivity contribution in [2.75, 3.05) is 6.54 Å². The molecule has 0 spiro atoms. The van der Waals surface area contributed by atoms with E-state index < -0.39 is 0 Å². The predicted molar refractivity (Wildman–Crippen MR) is 92.8 cm³/mol. The van der Waals surface area contributed by atoms with Crippen LogP contribution in [0.1, 0.15) is 35.9 Å². The van der Waals surface area contributed by atoms with E-state index in [0.717, 1.165) is 19.4 Å². The number of nitrogens with zero attached hydrogens (tertiary/aromatic N) is 2. The molecular weight excluding hydrogens is 316 g/mol. The van der Waals surface area contributed by atoms with E-state index >= 15 is 0 Å². The van der Waals surface area contributed by atoms with Crippen LogP contribution >= 0.6 is 0 Å². The Morgan fingerprint density at radius 3 is 2.84 bits per heavy atom. The molecule has 5 heteroatoms. The lowest BCUT2D eigenvalue weighted by atomic mass is 10.0. The minimum absolute atomic E-state index is 0.0914. The van der Waals surface area contributed by atoms with Crippen molar-refractivity contribution >= 4 is 5.91 Å². The van der Waals surface area contributed by atoms with Gasteiger partial charge in [-0.2, -0.15) is 0 Å². The zero-order chi connectivity index (χ0) is 17.2. The SMILES string of the molecule is Cc1oc(-c2ccco2)nc1CC(=O)N1CCC[C@H]1c1ccccc1. The van der Waals surface area contributed by atoms with Crippen molar-refractivity contribution in [2.45, 2.75) is 32.2 Å². The van der Waals surface area contributed by atoms with Crippen LogP contribution in [0.2, 0.25) is 0 Å². The molecule has 1 aliphatic rings. The van der Waals surface area contributed by atoms with Crippen molar-refractivity contribution in [1.82, 2.24) is 9.88 Å². The molecule has 0 radical (unpaired) electrons. The van der Waals surface area contributed by atoms with Crippen molar-refractivity contribution in [1.29, 1.82) is 0 Å². The van der Waals surface area contributed by atoms with Crippen molar-refractivity contribution in [3.8, 4) is 11.7 Å². The number of amides is 1. The zero-order valence-electron chi connectivity index (χ0n) is 14.1. The van der Waals surface area contributed by atoms with E-state index in [-0.39, 0.29) is 18.4 Å². The van der Waals surface area contributed by atoms with Gasteiger partial charge in [0.15, 0.2) is 5.76 Å². The van der Waals surface area contributed by atoms with Gasteiger partial charge in [0.25, 0.3) is 5.89 Å². The van der Waals surface area contributed by atoms with Crippen molar-refractivity contribution in [2.24, 2.45) is 0 Å². The van der Waals surface area contributed by atoms with Crippen LogP contribution in [-0.2, 0) is 11.2 Å². The molecule has 0 saturated carbocycles. The second-order valence-corrected chi connectivity index (χ2v) is 6.33. The predicted octanol–water partition coefficient (Wildman–Crippen LogP) is 4.15. The van der Waals surface area contributed by atoms with Crippen molar-refractivity contribution < 1.29 is 13.6 Å². The van der Waals surface area contributed by atoms with Gasteiger partial charge in [-0.25, -0.2) is 4.98 Å². The molecule has 3 aromatic rings. The monoisotopic (exact) mass is 336 g/mol. The first-order chi connectivity index (χ1) is 12.2. The maximum atomic E-state index is 12.9. The van der Waals surface area contributed by atoms with Gasteiger partial charge in [-0.15, -0.1) is 0 Å². The molecule has 128 valence electrons. The van der Waals surface area contributed by atoms with Gasteiger partial charge in [0.1, 0.15) is 5.76 Å². The van der Waals surface area contributed by atoms with Crippen LogP contribution in [-0.4, -0.2) is 22.3 Å². The molecule has 0 unspecified atom stereocenters. The fraction of sp³-hybridized carbons (Fsp3) is 0.300. The van der Waals surface area contributed by atoms with E-state index in [4.69, 9.17) is 8.83 Å². The summed E-state index contributed by atoms with van der Waals surface area (Å²) in [5, 5.41) is 0. The number of hydrogen-bond acceptors (Lipinski definition) is 4. The highest BCUT2D eigenvalue weighted by Crippen LogP contribution is 2.32. The first-order valence-electron chi connectivity index (χ1n) is 8.57. The van der Waals surface area contributed by atoms with Gasteiger partial charge in [-0.1, -0.05) is 30.3 Å². The molecule has 1 amide bonds. The molecule has 5 nitrogen and oxygen atoms in total. The van der Waals surface area contributed by atoms with Crippen LogP contribution in [0, 0.1) is 6.92 Å². The summed E-state index contributed by atoms with van der Waals surface area (Å²) >= 11 is 0. The minimum Gasteiger partial charge on any atom is -0.459 e. The molecule has 2 aromatic heterocycles. The quantitative estimate of drug-likeness (QED) is 0.718. The Labute approximate surface area is 146 Å². The largest absolute Gasteiger partial charge is 0.459 e.